The van der Waals surface area contributed by atoms with Crippen molar-refractivity contribution in [2.45, 2.75) is 25.5 Å². The van der Waals surface area contributed by atoms with Crippen LogP contribution in [0.1, 0.15) is 17.5 Å². The van der Waals surface area contributed by atoms with Crippen LogP contribution in [0.5, 0.6) is 5.75 Å². The van der Waals surface area contributed by atoms with Gasteiger partial charge in [-0.2, -0.15) is 8.78 Å². The largest absolute Gasteiger partial charge is 0.435 e. The Morgan fingerprint density at radius 2 is 1.86 bits per heavy atom. The van der Waals surface area contributed by atoms with Crippen molar-refractivity contribution in [3.05, 3.63) is 59.7 Å². The van der Waals surface area contributed by atoms with Gasteiger partial charge in [-0.05, 0) is 23.8 Å². The van der Waals surface area contributed by atoms with E-state index in [1.807, 2.05) is 30.3 Å². The average molecular weight is 407 g/mol. The van der Waals surface area contributed by atoms with Gasteiger partial charge in [-0.15, -0.1) is 0 Å². The molecule has 148 valence electrons. The highest BCUT2D eigenvalue weighted by molar-refractivity contribution is 7.91. The average Bonchev–Trinajstić information content (AvgIpc) is 3.07. The Bertz CT molecular complexity index is 995. The lowest BCUT2D eigenvalue weighted by molar-refractivity contribution is -0.117. The number of halogens is 2. The molecule has 0 spiro atoms. The number of carbonyl (C=O) groups excluding carboxylic acids is 1. The smallest absolute Gasteiger partial charge is 0.387 e. The number of hydrogen-bond acceptors (Lipinski definition) is 4. The van der Waals surface area contributed by atoms with Crippen molar-refractivity contribution in [1.29, 1.82) is 0 Å². The Kier molecular flexibility index (Phi) is 4.82. The number of rotatable bonds is 5. The highest BCUT2D eigenvalue weighted by Crippen LogP contribution is 2.39. The van der Waals surface area contributed by atoms with E-state index in [1.165, 1.54) is 17.0 Å². The number of anilines is 1. The first-order valence-corrected chi connectivity index (χ1v) is 10.8. The van der Waals surface area contributed by atoms with E-state index in [4.69, 9.17) is 0 Å². The van der Waals surface area contributed by atoms with Gasteiger partial charge in [0.05, 0.1) is 17.5 Å². The molecule has 4 rings (SSSR count). The fourth-order valence-electron chi connectivity index (χ4n) is 4.11. The molecule has 0 radical (unpaired) electrons. The van der Waals surface area contributed by atoms with Gasteiger partial charge in [0.15, 0.2) is 9.84 Å². The second kappa shape index (κ2) is 7.16. The summed E-state index contributed by atoms with van der Waals surface area (Å²) in [4.78, 5) is 14.0. The Labute approximate surface area is 161 Å². The van der Waals surface area contributed by atoms with Gasteiger partial charge in [-0.3, -0.25) is 4.79 Å². The van der Waals surface area contributed by atoms with E-state index in [0.717, 1.165) is 5.56 Å². The SMILES string of the molecule is O=C1C[C@H]2CS(=O)(=O)C[C@@H]2N1c1ccc(OC(F)F)c(Cc2ccccc2)c1. The van der Waals surface area contributed by atoms with E-state index in [2.05, 4.69) is 4.74 Å². The number of ether oxygens (including phenoxy) is 1. The van der Waals surface area contributed by atoms with Crippen molar-refractivity contribution in [1.82, 2.24) is 0 Å². The van der Waals surface area contributed by atoms with Crippen LogP contribution in [0.25, 0.3) is 0 Å². The third-order valence-electron chi connectivity index (χ3n) is 5.25. The lowest BCUT2D eigenvalue weighted by Gasteiger charge is -2.24. The van der Waals surface area contributed by atoms with Gasteiger partial charge in [0.1, 0.15) is 5.75 Å². The van der Waals surface area contributed by atoms with Crippen molar-refractivity contribution < 1.29 is 26.7 Å². The Morgan fingerprint density at radius 1 is 1.11 bits per heavy atom. The van der Waals surface area contributed by atoms with Crippen LogP contribution < -0.4 is 9.64 Å². The third kappa shape index (κ3) is 3.73. The number of nitrogens with zero attached hydrogens (tertiary/aromatic N) is 1. The molecule has 0 saturated carbocycles. The molecule has 2 heterocycles. The fraction of sp³-hybridized carbons (Fsp3) is 0.350. The molecule has 2 aromatic carbocycles. The molecule has 0 N–H and O–H groups in total. The second-order valence-corrected chi connectivity index (χ2v) is 9.36. The number of carbonyl (C=O) groups is 1. The fourth-order valence-corrected chi connectivity index (χ4v) is 6.18. The minimum absolute atomic E-state index is 0.0172. The van der Waals surface area contributed by atoms with Gasteiger partial charge in [0.2, 0.25) is 5.91 Å². The molecule has 28 heavy (non-hydrogen) atoms. The maximum atomic E-state index is 12.8. The van der Waals surface area contributed by atoms with E-state index in [0.29, 0.717) is 17.7 Å². The topological polar surface area (TPSA) is 63.7 Å². The Hall–Kier alpha value is -2.48. The highest BCUT2D eigenvalue weighted by Gasteiger charge is 2.49. The summed E-state index contributed by atoms with van der Waals surface area (Å²) in [7, 11) is -3.17. The number of sulfone groups is 1. The van der Waals surface area contributed by atoms with Gasteiger partial charge in [-0.1, -0.05) is 30.3 Å². The molecule has 0 unspecified atom stereocenters. The number of fused-ring (bicyclic) bond motifs is 1. The van der Waals surface area contributed by atoms with Gasteiger partial charge in [0.25, 0.3) is 0 Å². The van der Waals surface area contributed by atoms with Gasteiger partial charge in [0, 0.05) is 30.0 Å². The molecule has 8 heteroatoms. The lowest BCUT2D eigenvalue weighted by atomic mass is 10.0. The van der Waals surface area contributed by atoms with Crippen LogP contribution in [0.15, 0.2) is 48.5 Å². The van der Waals surface area contributed by atoms with Gasteiger partial charge >= 0.3 is 6.61 Å². The molecular weight excluding hydrogens is 388 g/mol. The van der Waals surface area contributed by atoms with E-state index >= 15 is 0 Å². The van der Waals surface area contributed by atoms with E-state index in [-0.39, 0.29) is 35.5 Å². The van der Waals surface area contributed by atoms with Crippen LogP contribution in [0.4, 0.5) is 14.5 Å². The van der Waals surface area contributed by atoms with Gasteiger partial charge < -0.3 is 9.64 Å². The third-order valence-corrected chi connectivity index (χ3v) is 7.04. The Morgan fingerprint density at radius 3 is 2.57 bits per heavy atom. The maximum absolute atomic E-state index is 12.8. The molecule has 0 bridgehead atoms. The summed E-state index contributed by atoms with van der Waals surface area (Å²) >= 11 is 0. The van der Waals surface area contributed by atoms with Crippen molar-refractivity contribution >= 4 is 21.4 Å². The second-order valence-electron chi connectivity index (χ2n) is 7.21. The molecule has 1 amide bonds. The van der Waals surface area contributed by atoms with Crippen LogP contribution >= 0.6 is 0 Å². The van der Waals surface area contributed by atoms with E-state index in [9.17, 15) is 22.0 Å². The zero-order valence-corrected chi connectivity index (χ0v) is 15.7. The minimum atomic E-state index is -3.17. The van der Waals surface area contributed by atoms with Crippen LogP contribution in [0.2, 0.25) is 0 Å². The Balaban J connectivity index is 1.70. The molecule has 2 saturated heterocycles. The number of hydrogen-bond donors (Lipinski definition) is 0. The molecule has 0 aliphatic carbocycles. The van der Waals surface area contributed by atoms with Crippen molar-refractivity contribution in [2.75, 3.05) is 16.4 Å². The normalized spacial score (nSPS) is 23.2. The molecule has 2 atom stereocenters. The summed E-state index contributed by atoms with van der Waals surface area (Å²) in [5, 5.41) is 0. The zero-order valence-electron chi connectivity index (χ0n) is 14.9. The molecule has 2 aromatic rings. The number of amides is 1. The van der Waals surface area contributed by atoms with Crippen LogP contribution in [-0.4, -0.2) is 38.5 Å². The monoisotopic (exact) mass is 407 g/mol. The van der Waals surface area contributed by atoms with Crippen LogP contribution in [0, 0.1) is 5.92 Å². The molecular formula is C20H19F2NO4S. The predicted molar refractivity (Wildman–Crippen MR) is 100 cm³/mol. The lowest BCUT2D eigenvalue weighted by Crippen LogP contribution is -2.36. The molecule has 5 nitrogen and oxygen atoms in total. The van der Waals surface area contributed by atoms with E-state index < -0.39 is 22.5 Å². The van der Waals surface area contributed by atoms with Crippen molar-refractivity contribution in [3.8, 4) is 5.75 Å². The van der Waals surface area contributed by atoms with Crippen molar-refractivity contribution in [2.24, 2.45) is 5.92 Å². The highest BCUT2D eigenvalue weighted by atomic mass is 32.2. The standard InChI is InChI=1S/C20H19F2NO4S/c21-20(22)27-18-7-6-16(9-14(18)8-13-4-2-1-3-5-13)23-17-12-28(25,26)11-15(17)10-19(23)24/h1-7,9,15,17,20H,8,10-12H2/t15-,17-/m0/s1. The number of alkyl halides is 2. The maximum Gasteiger partial charge on any atom is 0.387 e. The summed E-state index contributed by atoms with van der Waals surface area (Å²) in [5.74, 6) is -0.356. The first kappa shape index (κ1) is 18.9. The summed E-state index contributed by atoms with van der Waals surface area (Å²) in [6.45, 7) is -2.96. The minimum Gasteiger partial charge on any atom is -0.435 e. The number of benzene rings is 2. The molecule has 2 aliphatic rings. The van der Waals surface area contributed by atoms with Crippen LogP contribution in [0.3, 0.4) is 0 Å². The first-order chi connectivity index (χ1) is 13.3. The first-order valence-electron chi connectivity index (χ1n) is 8.96. The predicted octanol–water partition coefficient (Wildman–Crippen LogP) is 3.03. The van der Waals surface area contributed by atoms with Gasteiger partial charge in [-0.25, -0.2) is 8.42 Å². The summed E-state index contributed by atoms with van der Waals surface area (Å²) in [5.41, 5.74) is 1.94. The van der Waals surface area contributed by atoms with Crippen LogP contribution in [-0.2, 0) is 21.1 Å². The molecule has 2 aliphatic heterocycles. The summed E-state index contributed by atoms with van der Waals surface area (Å²) in [6.07, 6.45) is 0.540. The summed E-state index contributed by atoms with van der Waals surface area (Å²) < 4.78 is 54.2. The van der Waals surface area contributed by atoms with Crippen molar-refractivity contribution in [3.63, 3.8) is 0 Å². The van der Waals surface area contributed by atoms with E-state index in [1.54, 1.807) is 6.07 Å². The molecule has 0 aromatic heterocycles. The molecule has 2 fully saturated rings. The zero-order chi connectivity index (χ0) is 19.9. The summed E-state index contributed by atoms with van der Waals surface area (Å²) in [6, 6.07) is 13.5. The quantitative estimate of drug-likeness (QED) is 0.764.